The lowest BCUT2D eigenvalue weighted by Crippen LogP contribution is -2.46. The molecule has 1 amide bonds. The average Bonchev–Trinajstić information content (AvgIpc) is 2.82. The van der Waals surface area contributed by atoms with Crippen molar-refractivity contribution in [3.05, 3.63) is 53.6 Å². The van der Waals surface area contributed by atoms with Crippen molar-refractivity contribution >= 4 is 39.2 Å². The number of hydrogen-bond acceptors (Lipinski definition) is 6. The number of hydrogen-bond donors (Lipinski definition) is 0. The van der Waals surface area contributed by atoms with E-state index in [1.807, 2.05) is 0 Å². The van der Waals surface area contributed by atoms with Crippen molar-refractivity contribution in [1.29, 1.82) is 0 Å². The third kappa shape index (κ3) is 5.16. The molecule has 0 N–H and O–H groups in total. The molecule has 0 unspecified atom stereocenters. The number of esters is 1. The highest BCUT2D eigenvalue weighted by Crippen LogP contribution is 2.35. The highest BCUT2D eigenvalue weighted by Gasteiger charge is 2.33. The Morgan fingerprint density at radius 3 is 2.34 bits per heavy atom. The molecule has 1 saturated heterocycles. The topological polar surface area (TPSA) is 93.2 Å². The van der Waals surface area contributed by atoms with Gasteiger partial charge in [-0.1, -0.05) is 29.8 Å². The Labute approximate surface area is 192 Å². The Bertz CT molecular complexity index is 1070. The van der Waals surface area contributed by atoms with Crippen LogP contribution in [0.4, 0.5) is 5.69 Å². The first-order valence-electron chi connectivity index (χ1n) is 10.0. The van der Waals surface area contributed by atoms with E-state index in [0.717, 1.165) is 4.31 Å². The quantitative estimate of drug-likeness (QED) is 0.565. The van der Waals surface area contributed by atoms with Crippen molar-refractivity contribution < 1.29 is 27.5 Å². The fraction of sp³-hybridized carbons (Fsp3) is 0.364. The van der Waals surface area contributed by atoms with Gasteiger partial charge in [-0.3, -0.25) is 13.9 Å². The van der Waals surface area contributed by atoms with Gasteiger partial charge in [-0.2, -0.15) is 0 Å². The molecule has 3 rings (SSSR count). The molecule has 0 radical (unpaired) electrons. The smallest absolute Gasteiger partial charge is 0.308 e. The lowest BCUT2D eigenvalue weighted by atomic mass is 9.97. The van der Waals surface area contributed by atoms with Gasteiger partial charge in [-0.15, -0.1) is 0 Å². The van der Waals surface area contributed by atoms with Gasteiger partial charge in [-0.05, 0) is 43.2 Å². The number of anilines is 1. The second kappa shape index (κ2) is 10.2. The van der Waals surface area contributed by atoms with Crippen LogP contribution in [0.15, 0.2) is 53.4 Å². The number of amides is 1. The van der Waals surface area contributed by atoms with E-state index in [0.29, 0.717) is 31.0 Å². The van der Waals surface area contributed by atoms with Crippen LogP contribution in [0.5, 0.6) is 5.75 Å². The van der Waals surface area contributed by atoms with Crippen LogP contribution in [-0.2, 0) is 24.3 Å². The average molecular weight is 481 g/mol. The zero-order valence-corrected chi connectivity index (χ0v) is 19.4. The summed E-state index contributed by atoms with van der Waals surface area (Å²) in [6, 6.07) is 12.4. The minimum absolute atomic E-state index is 0.0410. The Kier molecular flexibility index (Phi) is 7.63. The number of rotatable bonds is 7. The third-order valence-electron chi connectivity index (χ3n) is 5.40. The summed E-state index contributed by atoms with van der Waals surface area (Å²) in [6.45, 7) is 0.242. The summed E-state index contributed by atoms with van der Waals surface area (Å²) in [5.41, 5.74) is 0.168. The molecule has 1 aliphatic rings. The summed E-state index contributed by atoms with van der Waals surface area (Å²) < 4.78 is 38.2. The van der Waals surface area contributed by atoms with Gasteiger partial charge in [0.25, 0.3) is 10.0 Å². The van der Waals surface area contributed by atoms with Crippen LogP contribution in [0.3, 0.4) is 0 Å². The first kappa shape index (κ1) is 23.9. The third-order valence-corrected chi connectivity index (χ3v) is 7.41. The summed E-state index contributed by atoms with van der Waals surface area (Å²) in [4.78, 5) is 26.5. The normalized spacial score (nSPS) is 14.7. The van der Waals surface area contributed by atoms with Crippen LogP contribution in [0, 0.1) is 5.92 Å². The second-order valence-electron chi connectivity index (χ2n) is 7.32. The largest absolute Gasteiger partial charge is 0.495 e. The highest BCUT2D eigenvalue weighted by molar-refractivity contribution is 7.92. The number of halogens is 1. The van der Waals surface area contributed by atoms with E-state index in [2.05, 4.69) is 0 Å². The second-order valence-corrected chi connectivity index (χ2v) is 9.62. The number of piperidine rings is 1. The fourth-order valence-corrected chi connectivity index (χ4v) is 5.24. The Hall–Kier alpha value is -2.78. The molecular weight excluding hydrogens is 456 g/mol. The molecule has 0 bridgehead atoms. The number of carbonyl (C=O) groups excluding carboxylic acids is 2. The molecule has 1 heterocycles. The number of benzene rings is 2. The Balaban J connectivity index is 1.92. The summed E-state index contributed by atoms with van der Waals surface area (Å²) in [6.07, 6.45) is 0.925. The number of methoxy groups -OCH3 is 2. The van der Waals surface area contributed by atoms with Crippen LogP contribution in [-0.4, -0.2) is 59.0 Å². The highest BCUT2D eigenvalue weighted by atomic mass is 35.5. The van der Waals surface area contributed by atoms with Gasteiger partial charge in [-0.25, -0.2) is 8.42 Å². The van der Waals surface area contributed by atoms with E-state index < -0.39 is 16.6 Å². The fourth-order valence-electron chi connectivity index (χ4n) is 3.63. The number of sulfonamides is 1. The van der Waals surface area contributed by atoms with Gasteiger partial charge in [0.1, 0.15) is 12.3 Å². The first-order valence-corrected chi connectivity index (χ1v) is 11.9. The predicted octanol–water partition coefficient (Wildman–Crippen LogP) is 2.96. The number of nitrogens with zero attached hydrogens (tertiary/aromatic N) is 2. The summed E-state index contributed by atoms with van der Waals surface area (Å²) in [7, 11) is -1.34. The molecule has 2 aromatic carbocycles. The number of likely N-dealkylation sites (tertiary alicyclic amines) is 1. The van der Waals surface area contributed by atoms with Gasteiger partial charge in [0, 0.05) is 18.1 Å². The van der Waals surface area contributed by atoms with Crippen molar-refractivity contribution in [2.24, 2.45) is 5.92 Å². The van der Waals surface area contributed by atoms with Crippen molar-refractivity contribution in [3.8, 4) is 5.75 Å². The van der Waals surface area contributed by atoms with E-state index in [1.165, 1.54) is 32.4 Å². The van der Waals surface area contributed by atoms with E-state index in [4.69, 9.17) is 21.1 Å². The molecule has 8 nitrogen and oxygen atoms in total. The van der Waals surface area contributed by atoms with Gasteiger partial charge in [0.05, 0.1) is 30.7 Å². The summed E-state index contributed by atoms with van der Waals surface area (Å²) in [5, 5.41) is 0.306. The van der Waals surface area contributed by atoms with E-state index in [9.17, 15) is 18.0 Å². The van der Waals surface area contributed by atoms with Crippen LogP contribution in [0.25, 0.3) is 0 Å². The number of ether oxygens (including phenoxy) is 2. The molecule has 2 aromatic rings. The van der Waals surface area contributed by atoms with E-state index >= 15 is 0 Å². The van der Waals surface area contributed by atoms with Crippen LogP contribution in [0.2, 0.25) is 5.02 Å². The van der Waals surface area contributed by atoms with Gasteiger partial charge in [0.2, 0.25) is 5.91 Å². The van der Waals surface area contributed by atoms with Crippen LogP contribution in [0.1, 0.15) is 12.8 Å². The van der Waals surface area contributed by atoms with Crippen molar-refractivity contribution in [1.82, 2.24) is 4.90 Å². The molecule has 0 atom stereocenters. The molecule has 172 valence electrons. The Morgan fingerprint density at radius 1 is 1.09 bits per heavy atom. The summed E-state index contributed by atoms with van der Waals surface area (Å²) >= 11 is 6.14. The maximum atomic E-state index is 13.5. The Morgan fingerprint density at radius 2 is 1.75 bits per heavy atom. The van der Waals surface area contributed by atoms with Crippen LogP contribution < -0.4 is 9.04 Å². The predicted molar refractivity (Wildman–Crippen MR) is 120 cm³/mol. The minimum Gasteiger partial charge on any atom is -0.495 e. The van der Waals surface area contributed by atoms with Crippen molar-refractivity contribution in [2.75, 3.05) is 38.2 Å². The molecule has 0 saturated carbocycles. The van der Waals surface area contributed by atoms with Gasteiger partial charge < -0.3 is 14.4 Å². The van der Waals surface area contributed by atoms with E-state index in [-0.39, 0.29) is 34.1 Å². The molecule has 0 spiro atoms. The van der Waals surface area contributed by atoms with Crippen molar-refractivity contribution in [3.63, 3.8) is 0 Å². The molecule has 0 aliphatic carbocycles. The summed E-state index contributed by atoms with van der Waals surface area (Å²) in [5.74, 6) is -0.670. The maximum absolute atomic E-state index is 13.5. The minimum atomic E-state index is -4.09. The van der Waals surface area contributed by atoms with Gasteiger partial charge in [0.15, 0.2) is 0 Å². The standard InChI is InChI=1S/C22H25ClN2O6S/c1-30-20-9-8-17(23)14-19(20)25(32(28,29)18-6-4-3-5-7-18)15-21(26)24-12-10-16(11-13-24)22(27)31-2/h3-9,14,16H,10-13,15H2,1-2H3. The molecule has 32 heavy (non-hydrogen) atoms. The first-order chi connectivity index (χ1) is 15.3. The lowest BCUT2D eigenvalue weighted by Gasteiger charge is -2.33. The number of carbonyl (C=O) groups is 2. The maximum Gasteiger partial charge on any atom is 0.308 e. The van der Waals surface area contributed by atoms with Gasteiger partial charge >= 0.3 is 5.97 Å². The van der Waals surface area contributed by atoms with E-state index in [1.54, 1.807) is 35.2 Å². The zero-order valence-electron chi connectivity index (χ0n) is 17.9. The molecule has 0 aromatic heterocycles. The molecular formula is C22H25ClN2O6S. The molecule has 10 heteroatoms. The SMILES string of the molecule is COC(=O)C1CCN(C(=O)CN(c2cc(Cl)ccc2OC)S(=O)(=O)c2ccccc2)CC1. The lowest BCUT2D eigenvalue weighted by molar-refractivity contribution is -0.148. The molecule has 1 fully saturated rings. The molecule has 1 aliphatic heterocycles. The van der Waals surface area contributed by atoms with Crippen LogP contribution >= 0.6 is 11.6 Å². The monoisotopic (exact) mass is 480 g/mol. The zero-order chi connectivity index (χ0) is 23.3. The van der Waals surface area contributed by atoms with Crippen molar-refractivity contribution in [2.45, 2.75) is 17.7 Å².